The molecule has 0 radical (unpaired) electrons. The van der Waals surface area contributed by atoms with Crippen LogP contribution in [-0.4, -0.2) is 51.4 Å². The molecule has 0 bridgehead atoms. The SMILES string of the molecule is CCN(CC)S(=O)(=O)c1cccc(C(=O)NCC2CNC2)c1. The fraction of sp³-hybridized carbons (Fsp3) is 0.533. The van der Waals surface area contributed by atoms with Crippen molar-refractivity contribution >= 4 is 15.9 Å². The van der Waals surface area contributed by atoms with Crippen LogP contribution in [0.25, 0.3) is 0 Å². The van der Waals surface area contributed by atoms with Crippen LogP contribution in [0.4, 0.5) is 0 Å². The number of carbonyl (C=O) groups is 1. The van der Waals surface area contributed by atoms with Crippen LogP contribution in [0.3, 0.4) is 0 Å². The lowest BCUT2D eigenvalue weighted by Gasteiger charge is -2.27. The molecule has 0 saturated carbocycles. The smallest absolute Gasteiger partial charge is 0.251 e. The van der Waals surface area contributed by atoms with Crippen molar-refractivity contribution in [3.8, 4) is 0 Å². The molecule has 0 spiro atoms. The predicted octanol–water partition coefficient (Wildman–Crippen LogP) is 0.666. The first-order valence-electron chi connectivity index (χ1n) is 7.58. The summed E-state index contributed by atoms with van der Waals surface area (Å²) in [6.45, 7) is 6.84. The van der Waals surface area contributed by atoms with Gasteiger partial charge in [0.25, 0.3) is 5.91 Å². The number of rotatable bonds is 7. The molecule has 1 aliphatic heterocycles. The number of hydrogen-bond acceptors (Lipinski definition) is 4. The Labute approximate surface area is 131 Å². The first-order chi connectivity index (χ1) is 10.5. The van der Waals surface area contributed by atoms with Crippen molar-refractivity contribution in [2.24, 2.45) is 5.92 Å². The number of carbonyl (C=O) groups excluding carboxylic acids is 1. The van der Waals surface area contributed by atoms with Crippen LogP contribution < -0.4 is 10.6 Å². The predicted molar refractivity (Wildman–Crippen MR) is 85.2 cm³/mol. The summed E-state index contributed by atoms with van der Waals surface area (Å²) in [5.74, 6) is 0.232. The molecule has 1 aromatic rings. The van der Waals surface area contributed by atoms with Crippen molar-refractivity contribution in [3.63, 3.8) is 0 Å². The largest absolute Gasteiger partial charge is 0.352 e. The first kappa shape index (κ1) is 16.9. The van der Waals surface area contributed by atoms with Crippen LogP contribution in [0.5, 0.6) is 0 Å². The third kappa shape index (κ3) is 3.66. The van der Waals surface area contributed by atoms with Crippen LogP contribution in [0.2, 0.25) is 0 Å². The quantitative estimate of drug-likeness (QED) is 0.772. The molecule has 2 rings (SSSR count). The van der Waals surface area contributed by atoms with E-state index in [1.165, 1.54) is 16.4 Å². The van der Waals surface area contributed by atoms with Crippen LogP contribution >= 0.6 is 0 Å². The Kier molecular flexibility index (Phi) is 5.55. The summed E-state index contributed by atoms with van der Waals surface area (Å²) in [7, 11) is -3.54. The molecular weight excluding hydrogens is 302 g/mol. The molecule has 7 heteroatoms. The van der Waals surface area contributed by atoms with Gasteiger partial charge in [0.1, 0.15) is 0 Å². The van der Waals surface area contributed by atoms with Crippen molar-refractivity contribution in [2.75, 3.05) is 32.7 Å². The molecule has 1 amide bonds. The minimum absolute atomic E-state index is 0.161. The molecule has 2 N–H and O–H groups in total. The topological polar surface area (TPSA) is 78.5 Å². The zero-order valence-electron chi connectivity index (χ0n) is 13.0. The van der Waals surface area contributed by atoms with E-state index in [0.717, 1.165) is 13.1 Å². The molecular formula is C15H23N3O3S. The van der Waals surface area contributed by atoms with E-state index >= 15 is 0 Å². The second-order valence-corrected chi connectivity index (χ2v) is 7.29. The maximum atomic E-state index is 12.5. The van der Waals surface area contributed by atoms with Crippen LogP contribution in [0.15, 0.2) is 29.2 Å². The fourth-order valence-corrected chi connectivity index (χ4v) is 3.85. The summed E-state index contributed by atoms with van der Waals surface area (Å²) in [6, 6.07) is 6.22. The van der Waals surface area contributed by atoms with Crippen molar-refractivity contribution in [1.82, 2.24) is 14.9 Å². The van der Waals surface area contributed by atoms with Gasteiger partial charge in [0.05, 0.1) is 4.90 Å². The maximum absolute atomic E-state index is 12.5. The number of nitrogens with zero attached hydrogens (tertiary/aromatic N) is 1. The van der Waals surface area contributed by atoms with Gasteiger partial charge >= 0.3 is 0 Å². The zero-order chi connectivity index (χ0) is 16.2. The molecule has 0 aliphatic carbocycles. The average Bonchev–Trinajstić information content (AvgIpc) is 2.46. The summed E-state index contributed by atoms with van der Waals surface area (Å²) in [5, 5.41) is 5.99. The number of hydrogen-bond donors (Lipinski definition) is 2. The highest BCUT2D eigenvalue weighted by Gasteiger charge is 2.23. The number of sulfonamides is 1. The summed E-state index contributed by atoms with van der Waals surface area (Å²) in [6.07, 6.45) is 0. The number of benzene rings is 1. The molecule has 6 nitrogen and oxygen atoms in total. The minimum Gasteiger partial charge on any atom is -0.352 e. The Balaban J connectivity index is 2.13. The van der Waals surface area contributed by atoms with E-state index in [4.69, 9.17) is 0 Å². The normalized spacial score (nSPS) is 15.6. The Morgan fingerprint density at radius 2 is 2.00 bits per heavy atom. The molecule has 0 atom stereocenters. The highest BCUT2D eigenvalue weighted by Crippen LogP contribution is 2.17. The minimum atomic E-state index is -3.54. The lowest BCUT2D eigenvalue weighted by molar-refractivity contribution is 0.0942. The molecule has 1 fully saturated rings. The standard InChI is InChI=1S/C15H23N3O3S/c1-3-18(4-2)22(20,21)14-7-5-6-13(8-14)15(19)17-11-12-9-16-10-12/h5-8,12,16H,3-4,9-11H2,1-2H3,(H,17,19). The summed E-state index contributed by atoms with van der Waals surface area (Å²) >= 11 is 0. The fourth-order valence-electron chi connectivity index (χ4n) is 2.34. The summed E-state index contributed by atoms with van der Waals surface area (Å²) in [4.78, 5) is 12.3. The van der Waals surface area contributed by atoms with E-state index in [0.29, 0.717) is 31.1 Å². The van der Waals surface area contributed by atoms with Crippen LogP contribution in [-0.2, 0) is 10.0 Å². The lowest BCUT2D eigenvalue weighted by atomic mass is 10.0. The van der Waals surface area contributed by atoms with Gasteiger partial charge in [-0.1, -0.05) is 19.9 Å². The molecule has 1 aromatic carbocycles. The maximum Gasteiger partial charge on any atom is 0.251 e. The van der Waals surface area contributed by atoms with Gasteiger partial charge in [-0.05, 0) is 18.2 Å². The van der Waals surface area contributed by atoms with Gasteiger partial charge < -0.3 is 10.6 Å². The van der Waals surface area contributed by atoms with E-state index in [2.05, 4.69) is 10.6 Å². The second-order valence-electron chi connectivity index (χ2n) is 5.35. The Morgan fingerprint density at radius 1 is 1.32 bits per heavy atom. The third-order valence-electron chi connectivity index (χ3n) is 3.86. The number of amides is 1. The molecule has 122 valence electrons. The van der Waals surface area contributed by atoms with Crippen molar-refractivity contribution in [3.05, 3.63) is 29.8 Å². The van der Waals surface area contributed by atoms with E-state index in [-0.39, 0.29) is 10.8 Å². The van der Waals surface area contributed by atoms with Gasteiger partial charge in [-0.3, -0.25) is 4.79 Å². The molecule has 1 aliphatic rings. The summed E-state index contributed by atoms with van der Waals surface area (Å²) < 4.78 is 26.3. The highest BCUT2D eigenvalue weighted by molar-refractivity contribution is 7.89. The van der Waals surface area contributed by atoms with Crippen LogP contribution in [0.1, 0.15) is 24.2 Å². The van der Waals surface area contributed by atoms with Gasteiger partial charge in [0, 0.05) is 44.2 Å². The highest BCUT2D eigenvalue weighted by atomic mass is 32.2. The van der Waals surface area contributed by atoms with Crippen molar-refractivity contribution < 1.29 is 13.2 Å². The average molecular weight is 325 g/mol. The summed E-state index contributed by atoms with van der Waals surface area (Å²) in [5.41, 5.74) is 0.375. The van der Waals surface area contributed by atoms with E-state index in [9.17, 15) is 13.2 Å². The van der Waals surface area contributed by atoms with E-state index in [1.54, 1.807) is 26.0 Å². The van der Waals surface area contributed by atoms with Gasteiger partial charge in [-0.15, -0.1) is 0 Å². The Hall–Kier alpha value is -1.44. The molecule has 22 heavy (non-hydrogen) atoms. The second kappa shape index (κ2) is 7.21. The molecule has 1 saturated heterocycles. The van der Waals surface area contributed by atoms with Gasteiger partial charge in [0.15, 0.2) is 0 Å². The van der Waals surface area contributed by atoms with Gasteiger partial charge in [-0.25, -0.2) is 8.42 Å². The van der Waals surface area contributed by atoms with E-state index in [1.807, 2.05) is 0 Å². The van der Waals surface area contributed by atoms with Crippen molar-refractivity contribution in [2.45, 2.75) is 18.7 Å². The van der Waals surface area contributed by atoms with Gasteiger partial charge in [-0.2, -0.15) is 4.31 Å². The van der Waals surface area contributed by atoms with Crippen LogP contribution in [0, 0.1) is 5.92 Å². The zero-order valence-corrected chi connectivity index (χ0v) is 13.8. The lowest BCUT2D eigenvalue weighted by Crippen LogP contribution is -2.48. The third-order valence-corrected chi connectivity index (χ3v) is 5.90. The Bertz CT molecular complexity index is 623. The monoisotopic (exact) mass is 325 g/mol. The number of nitrogens with one attached hydrogen (secondary N) is 2. The van der Waals surface area contributed by atoms with E-state index < -0.39 is 10.0 Å². The molecule has 0 aromatic heterocycles. The molecule has 0 unspecified atom stereocenters. The Morgan fingerprint density at radius 3 is 2.55 bits per heavy atom. The molecule has 1 heterocycles. The van der Waals surface area contributed by atoms with Crippen molar-refractivity contribution in [1.29, 1.82) is 0 Å². The van der Waals surface area contributed by atoms with Gasteiger partial charge in [0.2, 0.25) is 10.0 Å². The first-order valence-corrected chi connectivity index (χ1v) is 9.02.